The first kappa shape index (κ1) is 15.5. The smallest absolute Gasteiger partial charge is 0.276 e. The van der Waals surface area contributed by atoms with Gasteiger partial charge < -0.3 is 4.74 Å². The first-order valence-corrected chi connectivity index (χ1v) is 8.24. The lowest BCUT2D eigenvalue weighted by atomic mass is 10.1. The fourth-order valence-electron chi connectivity index (χ4n) is 2.13. The fraction of sp³-hybridized carbons (Fsp3) is 0.429. The molecule has 1 aliphatic rings. The van der Waals surface area contributed by atoms with E-state index in [1.54, 1.807) is 18.2 Å². The van der Waals surface area contributed by atoms with Crippen molar-refractivity contribution in [3.8, 4) is 5.75 Å². The molecule has 1 aromatic carbocycles. The molecule has 1 heterocycles. The Morgan fingerprint density at radius 2 is 2.05 bits per heavy atom. The van der Waals surface area contributed by atoms with E-state index in [1.165, 1.54) is 19.9 Å². The molecule has 1 amide bonds. The highest BCUT2D eigenvalue weighted by molar-refractivity contribution is 7.89. The Morgan fingerprint density at radius 1 is 1.33 bits per heavy atom. The van der Waals surface area contributed by atoms with Crippen LogP contribution in [0.5, 0.6) is 5.75 Å². The van der Waals surface area contributed by atoms with Crippen LogP contribution in [0.3, 0.4) is 0 Å². The minimum absolute atomic E-state index is 0.00865. The Labute approximate surface area is 123 Å². The number of hydrogen-bond acceptors (Lipinski definition) is 5. The number of hydrogen-bond donors (Lipinski definition) is 0. The molecule has 6 nitrogen and oxygen atoms in total. The highest BCUT2D eigenvalue weighted by Gasteiger charge is 2.35. The van der Waals surface area contributed by atoms with Crippen LogP contribution in [0.2, 0.25) is 0 Å². The van der Waals surface area contributed by atoms with E-state index in [0.29, 0.717) is 17.7 Å². The Morgan fingerprint density at radius 3 is 2.62 bits per heavy atom. The molecule has 2 rings (SSSR count). The van der Waals surface area contributed by atoms with Crippen molar-refractivity contribution in [1.82, 2.24) is 4.31 Å². The van der Waals surface area contributed by atoms with Gasteiger partial charge in [-0.3, -0.25) is 9.59 Å². The summed E-state index contributed by atoms with van der Waals surface area (Å²) >= 11 is 0. The van der Waals surface area contributed by atoms with Crippen LogP contribution in [0.15, 0.2) is 24.3 Å². The standard InChI is InChI=1S/C14H17NO5S/c1-10(16)12-5-3-6-13(9-12)20-11(2)14(17)15-7-4-8-21(15,18)19/h3,5-6,9,11H,4,7-8H2,1-2H3/t11-/m1/s1. The van der Waals surface area contributed by atoms with Gasteiger partial charge in [-0.25, -0.2) is 12.7 Å². The van der Waals surface area contributed by atoms with Crippen LogP contribution in [-0.2, 0) is 14.8 Å². The lowest BCUT2D eigenvalue weighted by Gasteiger charge is -2.20. The van der Waals surface area contributed by atoms with E-state index in [2.05, 4.69) is 0 Å². The average molecular weight is 311 g/mol. The van der Waals surface area contributed by atoms with Gasteiger partial charge in [-0.1, -0.05) is 12.1 Å². The molecular formula is C14H17NO5S. The second-order valence-corrected chi connectivity index (χ2v) is 6.94. The topological polar surface area (TPSA) is 80.8 Å². The van der Waals surface area contributed by atoms with Gasteiger partial charge in [0.1, 0.15) is 5.75 Å². The number of ether oxygens (including phenoxy) is 1. The summed E-state index contributed by atoms with van der Waals surface area (Å²) < 4.78 is 29.7. The van der Waals surface area contributed by atoms with Crippen molar-refractivity contribution in [3.63, 3.8) is 0 Å². The van der Waals surface area contributed by atoms with E-state index in [-0.39, 0.29) is 18.1 Å². The van der Waals surface area contributed by atoms with Crippen LogP contribution < -0.4 is 4.74 Å². The molecule has 0 bridgehead atoms. The third-order valence-corrected chi connectivity index (χ3v) is 5.08. The maximum atomic E-state index is 12.1. The summed E-state index contributed by atoms with van der Waals surface area (Å²) in [6.07, 6.45) is -0.485. The maximum Gasteiger partial charge on any atom is 0.276 e. The number of Topliss-reactive ketones (excluding diaryl/α,β-unsaturated/α-hetero) is 1. The second-order valence-electron chi connectivity index (χ2n) is 4.92. The Bertz CT molecular complexity index is 668. The molecule has 0 aliphatic carbocycles. The van der Waals surface area contributed by atoms with Crippen molar-refractivity contribution >= 4 is 21.7 Å². The molecule has 1 saturated heterocycles. The predicted octanol–water partition coefficient (Wildman–Crippen LogP) is 1.22. The van der Waals surface area contributed by atoms with Crippen molar-refractivity contribution in [2.24, 2.45) is 0 Å². The van der Waals surface area contributed by atoms with Gasteiger partial charge in [0, 0.05) is 12.1 Å². The molecule has 114 valence electrons. The summed E-state index contributed by atoms with van der Waals surface area (Å²) in [6.45, 7) is 3.13. The molecule has 21 heavy (non-hydrogen) atoms. The van der Waals surface area contributed by atoms with Crippen molar-refractivity contribution in [2.75, 3.05) is 12.3 Å². The van der Waals surface area contributed by atoms with Gasteiger partial charge in [-0.05, 0) is 32.4 Å². The Hall–Kier alpha value is -1.89. The monoisotopic (exact) mass is 311 g/mol. The molecule has 1 aliphatic heterocycles. The van der Waals surface area contributed by atoms with Gasteiger partial charge in [0.05, 0.1) is 5.75 Å². The highest BCUT2D eigenvalue weighted by Crippen LogP contribution is 2.19. The number of carbonyl (C=O) groups is 2. The summed E-state index contributed by atoms with van der Waals surface area (Å²) in [7, 11) is -3.50. The largest absolute Gasteiger partial charge is 0.481 e. The number of rotatable bonds is 4. The summed E-state index contributed by atoms with van der Waals surface area (Å²) in [5.74, 6) is -0.340. The lowest BCUT2D eigenvalue weighted by Crippen LogP contribution is -2.41. The van der Waals surface area contributed by atoms with E-state index in [1.807, 2.05) is 0 Å². The third kappa shape index (κ3) is 3.41. The molecule has 0 unspecified atom stereocenters. The number of carbonyl (C=O) groups excluding carboxylic acids is 2. The zero-order valence-electron chi connectivity index (χ0n) is 11.9. The zero-order chi connectivity index (χ0) is 15.6. The quantitative estimate of drug-likeness (QED) is 0.781. The van der Waals surface area contributed by atoms with Crippen molar-refractivity contribution < 1.29 is 22.7 Å². The highest BCUT2D eigenvalue weighted by atomic mass is 32.2. The SMILES string of the molecule is CC(=O)c1cccc(O[C@H](C)C(=O)N2CCCS2(=O)=O)c1. The van der Waals surface area contributed by atoms with Crippen LogP contribution in [-0.4, -0.2) is 42.8 Å². The predicted molar refractivity (Wildman–Crippen MR) is 76.7 cm³/mol. The lowest BCUT2D eigenvalue weighted by molar-refractivity contribution is -0.132. The van der Waals surface area contributed by atoms with Gasteiger partial charge >= 0.3 is 0 Å². The molecule has 0 saturated carbocycles. The van der Waals surface area contributed by atoms with E-state index >= 15 is 0 Å². The van der Waals surface area contributed by atoms with Crippen LogP contribution in [0.4, 0.5) is 0 Å². The average Bonchev–Trinajstić information content (AvgIpc) is 2.77. The van der Waals surface area contributed by atoms with E-state index in [9.17, 15) is 18.0 Å². The zero-order valence-corrected chi connectivity index (χ0v) is 12.7. The molecule has 0 aromatic heterocycles. The van der Waals surface area contributed by atoms with E-state index in [0.717, 1.165) is 4.31 Å². The van der Waals surface area contributed by atoms with Gasteiger partial charge in [0.2, 0.25) is 10.0 Å². The first-order valence-electron chi connectivity index (χ1n) is 6.63. The van der Waals surface area contributed by atoms with E-state index in [4.69, 9.17) is 4.74 Å². The maximum absolute atomic E-state index is 12.1. The third-order valence-electron chi connectivity index (χ3n) is 3.25. The molecule has 0 N–H and O–H groups in total. The Kier molecular flexibility index (Phi) is 4.32. The number of ketones is 1. The molecule has 1 fully saturated rings. The van der Waals surface area contributed by atoms with Gasteiger partial charge in [0.15, 0.2) is 11.9 Å². The van der Waals surface area contributed by atoms with Crippen molar-refractivity contribution in [1.29, 1.82) is 0 Å². The molecule has 0 spiro atoms. The van der Waals surface area contributed by atoms with Gasteiger partial charge in [-0.15, -0.1) is 0 Å². The number of nitrogens with zero attached hydrogens (tertiary/aromatic N) is 1. The number of amides is 1. The second kappa shape index (κ2) is 5.85. The molecule has 1 atom stereocenters. The molecular weight excluding hydrogens is 294 g/mol. The fourth-order valence-corrected chi connectivity index (χ4v) is 3.68. The molecule has 1 aromatic rings. The molecule has 0 radical (unpaired) electrons. The van der Waals surface area contributed by atoms with Gasteiger partial charge in [-0.2, -0.15) is 0 Å². The van der Waals surface area contributed by atoms with Gasteiger partial charge in [0.25, 0.3) is 5.91 Å². The minimum atomic E-state index is -3.50. The Balaban J connectivity index is 2.11. The summed E-state index contributed by atoms with van der Waals surface area (Å²) in [6, 6.07) is 6.45. The number of sulfonamides is 1. The minimum Gasteiger partial charge on any atom is -0.481 e. The number of benzene rings is 1. The van der Waals surface area contributed by atoms with Crippen LogP contribution >= 0.6 is 0 Å². The van der Waals surface area contributed by atoms with Crippen LogP contribution in [0.25, 0.3) is 0 Å². The first-order chi connectivity index (χ1) is 9.81. The summed E-state index contributed by atoms with van der Waals surface area (Å²) in [5.41, 5.74) is 0.473. The van der Waals surface area contributed by atoms with Crippen LogP contribution in [0.1, 0.15) is 30.6 Å². The van der Waals surface area contributed by atoms with Crippen molar-refractivity contribution in [3.05, 3.63) is 29.8 Å². The summed E-state index contributed by atoms with van der Waals surface area (Å²) in [4.78, 5) is 23.4. The normalized spacial score (nSPS) is 18.3. The van der Waals surface area contributed by atoms with Crippen molar-refractivity contribution in [2.45, 2.75) is 26.4 Å². The summed E-state index contributed by atoms with van der Waals surface area (Å²) in [5, 5.41) is 0. The van der Waals surface area contributed by atoms with Crippen LogP contribution in [0, 0.1) is 0 Å². The molecule has 7 heteroatoms. The van der Waals surface area contributed by atoms with E-state index < -0.39 is 22.0 Å².